The van der Waals surface area contributed by atoms with Crippen LogP contribution in [0.25, 0.3) is 5.57 Å². The average Bonchev–Trinajstić information content (AvgIpc) is 3.11. The lowest BCUT2D eigenvalue weighted by Crippen LogP contribution is -2.27. The molecule has 7 heteroatoms. The molecular weight excluding hydrogens is 396 g/mol. The van der Waals surface area contributed by atoms with Gasteiger partial charge in [0.2, 0.25) is 0 Å². The Labute approximate surface area is 185 Å². The second kappa shape index (κ2) is 10.8. The number of fused-ring (bicyclic) bond motifs is 3. The molecule has 0 saturated heterocycles. The number of hydrogen-bond acceptors (Lipinski definition) is 4. The molecule has 2 aromatic rings. The third-order valence-corrected chi connectivity index (χ3v) is 5.12. The van der Waals surface area contributed by atoms with Gasteiger partial charge in [0.05, 0.1) is 5.69 Å². The zero-order valence-corrected chi connectivity index (χ0v) is 18.9. The summed E-state index contributed by atoms with van der Waals surface area (Å²) in [7, 11) is 5.30. The molecule has 0 bridgehead atoms. The third kappa shape index (κ3) is 5.39. The van der Waals surface area contributed by atoms with E-state index >= 15 is 0 Å². The summed E-state index contributed by atoms with van der Waals surface area (Å²) in [5, 5.41) is 5.92. The molecule has 6 nitrogen and oxygen atoms in total. The molecule has 0 aliphatic heterocycles. The van der Waals surface area contributed by atoms with Crippen molar-refractivity contribution in [1.29, 1.82) is 0 Å². The molecule has 0 fully saturated rings. The van der Waals surface area contributed by atoms with Crippen LogP contribution in [0.1, 0.15) is 36.0 Å². The van der Waals surface area contributed by atoms with Crippen LogP contribution in [0.2, 0.25) is 0 Å². The fourth-order valence-electron chi connectivity index (χ4n) is 3.65. The molecule has 1 unspecified atom stereocenters. The summed E-state index contributed by atoms with van der Waals surface area (Å²) in [6.07, 6.45) is 7.56. The van der Waals surface area contributed by atoms with Crippen LogP contribution in [0.5, 0.6) is 0 Å². The lowest BCUT2D eigenvalue weighted by molar-refractivity contribution is 0.731. The maximum absolute atomic E-state index is 5.11. The van der Waals surface area contributed by atoms with Crippen molar-refractivity contribution in [3.8, 4) is 0 Å². The Morgan fingerprint density at radius 1 is 1.20 bits per heavy atom. The van der Waals surface area contributed by atoms with Gasteiger partial charge >= 0.3 is 0 Å². The van der Waals surface area contributed by atoms with E-state index in [1.165, 1.54) is 28.0 Å². The molecule has 2 aliphatic rings. The number of nitrogens with two attached hydrogens (primary N) is 1. The van der Waals surface area contributed by atoms with Gasteiger partial charge in [0.25, 0.3) is 0 Å². The molecule has 1 atom stereocenters. The fourth-order valence-corrected chi connectivity index (χ4v) is 3.65. The van der Waals surface area contributed by atoms with E-state index in [1.807, 2.05) is 13.1 Å². The highest BCUT2D eigenvalue weighted by Crippen LogP contribution is 2.42. The number of allylic oxidation sites excluding steroid dienone is 4. The minimum absolute atomic E-state index is 0. The maximum atomic E-state index is 5.11. The normalized spacial score (nSPS) is 16.7. The predicted molar refractivity (Wildman–Crippen MR) is 128 cm³/mol. The van der Waals surface area contributed by atoms with E-state index in [9.17, 15) is 0 Å². The molecule has 1 heterocycles. The van der Waals surface area contributed by atoms with E-state index in [-0.39, 0.29) is 12.4 Å². The van der Waals surface area contributed by atoms with E-state index in [1.54, 1.807) is 14.1 Å². The molecule has 0 radical (unpaired) electrons. The highest BCUT2D eigenvalue weighted by atomic mass is 35.5. The molecule has 4 rings (SSSR count). The SMILES string of the molecule is CN=C(N)NC.CNc1nc(Cc2ccccc2)nc2c1C1=CCC(C)C=C1C2.Cl. The summed E-state index contributed by atoms with van der Waals surface area (Å²) in [5.41, 5.74) is 11.5. The van der Waals surface area contributed by atoms with Gasteiger partial charge in [-0.15, -0.1) is 12.4 Å². The first kappa shape index (κ1) is 23.4. The molecule has 0 spiro atoms. The second-order valence-electron chi connectivity index (χ2n) is 7.28. The van der Waals surface area contributed by atoms with Crippen LogP contribution < -0.4 is 16.4 Å². The summed E-state index contributed by atoms with van der Waals surface area (Å²) < 4.78 is 0. The quantitative estimate of drug-likeness (QED) is 0.515. The van der Waals surface area contributed by atoms with E-state index in [0.717, 1.165) is 30.9 Å². The van der Waals surface area contributed by atoms with Gasteiger partial charge in [-0.25, -0.2) is 9.97 Å². The van der Waals surface area contributed by atoms with Gasteiger partial charge in [-0.3, -0.25) is 4.99 Å². The molecule has 0 saturated carbocycles. The van der Waals surface area contributed by atoms with Gasteiger partial charge in [0.1, 0.15) is 11.6 Å². The van der Waals surface area contributed by atoms with Crippen LogP contribution in [0.15, 0.2) is 53.0 Å². The maximum Gasteiger partial charge on any atom is 0.188 e. The first-order valence-corrected chi connectivity index (χ1v) is 9.98. The Hall–Kier alpha value is -2.86. The number of rotatable bonds is 3. The van der Waals surface area contributed by atoms with E-state index < -0.39 is 0 Å². The lowest BCUT2D eigenvalue weighted by atomic mass is 9.92. The van der Waals surface area contributed by atoms with Crippen LogP contribution >= 0.6 is 12.4 Å². The number of nitrogens with zero attached hydrogens (tertiary/aromatic N) is 3. The van der Waals surface area contributed by atoms with Crippen LogP contribution in [0.3, 0.4) is 0 Å². The Kier molecular flexibility index (Phi) is 8.42. The number of benzene rings is 1. The zero-order valence-electron chi connectivity index (χ0n) is 18.1. The lowest BCUT2D eigenvalue weighted by Gasteiger charge is -2.15. The highest BCUT2D eigenvalue weighted by molar-refractivity contribution is 5.90. The van der Waals surface area contributed by atoms with Crippen LogP contribution in [0, 0.1) is 5.92 Å². The zero-order chi connectivity index (χ0) is 20.8. The average molecular weight is 427 g/mol. The van der Waals surface area contributed by atoms with Gasteiger partial charge in [0, 0.05) is 39.5 Å². The highest BCUT2D eigenvalue weighted by Gasteiger charge is 2.29. The number of nitrogens with one attached hydrogen (secondary N) is 2. The van der Waals surface area contributed by atoms with Gasteiger partial charge in [-0.1, -0.05) is 49.4 Å². The van der Waals surface area contributed by atoms with Crippen molar-refractivity contribution in [3.63, 3.8) is 0 Å². The van der Waals surface area contributed by atoms with E-state index in [4.69, 9.17) is 15.7 Å². The van der Waals surface area contributed by atoms with Gasteiger partial charge in [-0.05, 0) is 29.0 Å². The molecule has 0 amide bonds. The summed E-state index contributed by atoms with van der Waals surface area (Å²) in [4.78, 5) is 13.2. The third-order valence-electron chi connectivity index (χ3n) is 5.12. The van der Waals surface area contributed by atoms with Gasteiger partial charge in [-0.2, -0.15) is 0 Å². The minimum Gasteiger partial charge on any atom is -0.373 e. The number of halogens is 1. The van der Waals surface area contributed by atoms with Gasteiger partial charge in [0.15, 0.2) is 5.96 Å². The number of guanidine groups is 1. The Balaban J connectivity index is 0.000000405. The van der Waals surface area contributed by atoms with Crippen molar-refractivity contribution in [2.45, 2.75) is 26.2 Å². The van der Waals surface area contributed by atoms with E-state index in [2.05, 4.69) is 59.0 Å². The summed E-state index contributed by atoms with van der Waals surface area (Å²) >= 11 is 0. The number of hydrogen-bond donors (Lipinski definition) is 3. The Bertz CT molecular complexity index is 950. The fraction of sp³-hybridized carbons (Fsp3) is 0.348. The monoisotopic (exact) mass is 426 g/mol. The van der Waals surface area contributed by atoms with Crippen LogP contribution in [-0.2, 0) is 12.8 Å². The van der Waals surface area contributed by atoms with Gasteiger partial charge < -0.3 is 16.4 Å². The Morgan fingerprint density at radius 3 is 2.53 bits per heavy atom. The second-order valence-corrected chi connectivity index (χ2v) is 7.28. The molecule has 1 aromatic carbocycles. The Morgan fingerprint density at radius 2 is 1.93 bits per heavy atom. The number of anilines is 1. The molecule has 1 aromatic heterocycles. The molecular formula is C23H31ClN6. The summed E-state index contributed by atoms with van der Waals surface area (Å²) in [6.45, 7) is 2.27. The standard InChI is InChI=1S/C20H21N3.C3H9N3.ClH/c1-13-8-9-16-15(10-13)12-17-19(16)20(21-2)23-18(22-17)11-14-6-4-3-5-7-14;1-5-3(4)6-2;/h3-7,9-10,13H,8,11-12H2,1-2H3,(H,21,22,23);1-2H3,(H3,4,5,6);1H. The van der Waals surface area contributed by atoms with E-state index in [0.29, 0.717) is 11.9 Å². The largest absolute Gasteiger partial charge is 0.373 e. The molecule has 2 aliphatic carbocycles. The van der Waals surface area contributed by atoms with Crippen molar-refractivity contribution in [3.05, 3.63) is 70.7 Å². The minimum atomic E-state index is 0. The van der Waals surface area contributed by atoms with Crippen molar-refractivity contribution in [2.24, 2.45) is 16.6 Å². The van der Waals surface area contributed by atoms with Crippen molar-refractivity contribution < 1.29 is 0 Å². The van der Waals surface area contributed by atoms with Crippen LogP contribution in [-0.4, -0.2) is 37.1 Å². The first-order valence-electron chi connectivity index (χ1n) is 9.98. The topological polar surface area (TPSA) is 88.2 Å². The van der Waals surface area contributed by atoms with Crippen LogP contribution in [0.4, 0.5) is 5.82 Å². The van der Waals surface area contributed by atoms with Crippen molar-refractivity contribution in [2.75, 3.05) is 26.5 Å². The first-order chi connectivity index (χ1) is 14.0. The molecule has 4 N–H and O–H groups in total. The smallest absolute Gasteiger partial charge is 0.188 e. The molecule has 160 valence electrons. The predicted octanol–water partition coefficient (Wildman–Crippen LogP) is 3.59. The van der Waals surface area contributed by atoms with Crippen molar-refractivity contribution in [1.82, 2.24) is 15.3 Å². The number of aromatic nitrogens is 2. The molecule has 30 heavy (non-hydrogen) atoms. The number of aliphatic imine (C=N–C) groups is 1. The van der Waals surface area contributed by atoms with Crippen molar-refractivity contribution >= 4 is 29.8 Å². The summed E-state index contributed by atoms with van der Waals surface area (Å²) in [5.74, 6) is 2.95. The summed E-state index contributed by atoms with van der Waals surface area (Å²) in [6, 6.07) is 10.4.